The molecule has 0 radical (unpaired) electrons. The predicted octanol–water partition coefficient (Wildman–Crippen LogP) is 24.7. The fourth-order valence-electron chi connectivity index (χ4n) is 16.1. The van der Waals surface area contributed by atoms with Crippen LogP contribution in [-0.4, -0.2) is 0 Å². The Morgan fingerprint density at radius 1 is 0.194 bits per heavy atom. The fourth-order valence-corrected chi connectivity index (χ4v) is 16.1. The Labute approximate surface area is 548 Å². The number of fused-ring (bicyclic) bond motifs is 8. The molecular formula is C90H73N3. The quantitative estimate of drug-likeness (QED) is 0.143. The number of hydrogen-bond donors (Lipinski definition) is 0. The number of para-hydroxylation sites is 2. The zero-order chi connectivity index (χ0) is 63.1. The van der Waals surface area contributed by atoms with E-state index in [0.717, 1.165) is 17.1 Å². The summed E-state index contributed by atoms with van der Waals surface area (Å²) in [4.78, 5) is 7.52. The first-order chi connectivity index (χ1) is 45.1. The van der Waals surface area contributed by atoms with Gasteiger partial charge in [-0.2, -0.15) is 0 Å². The number of benzene rings is 13. The average Bonchev–Trinajstić information content (AvgIpc) is 0.695. The molecule has 3 nitrogen and oxygen atoms in total. The molecule has 0 saturated heterocycles. The van der Waals surface area contributed by atoms with Gasteiger partial charge in [0.15, 0.2) is 0 Å². The van der Waals surface area contributed by atoms with Gasteiger partial charge in [0.1, 0.15) is 0 Å². The van der Waals surface area contributed by atoms with Gasteiger partial charge in [-0.05, 0) is 208 Å². The number of nitrogens with zero attached hydrogens (tertiary/aromatic N) is 3. The zero-order valence-corrected chi connectivity index (χ0v) is 54.1. The first-order valence-corrected chi connectivity index (χ1v) is 33.0. The topological polar surface area (TPSA) is 9.72 Å². The first-order valence-electron chi connectivity index (χ1n) is 33.0. The van der Waals surface area contributed by atoms with Crippen LogP contribution in [-0.2, 0) is 21.7 Å². The van der Waals surface area contributed by atoms with Crippen molar-refractivity contribution < 1.29 is 0 Å². The lowest BCUT2D eigenvalue weighted by Gasteiger charge is -2.50. The lowest BCUT2D eigenvalue weighted by atomic mass is 9.65. The first kappa shape index (κ1) is 56.3. The third kappa shape index (κ3) is 8.77. The highest BCUT2D eigenvalue weighted by Crippen LogP contribution is 2.63. The Hall–Kier alpha value is -10.7. The number of rotatable bonds is 9. The SMILES string of the molecule is CC1(C)c2ccccc2N2c3ccccc3C(C)(C)c3cc(-c4ccc(N(c5ccc(-c6ccccc6)cc5)c5ccc(-c6ccc(-c7cc8c9c(c7)C(C)(C)c7cc(-c%10ccccc%10)ccc7N9c7ccc(-c9ccccc9)cc7C8(C)C)cc6)cc5)cc4)cc1c32. The minimum absolute atomic E-state index is 0.216. The minimum atomic E-state index is -0.299. The number of anilines is 9. The summed E-state index contributed by atoms with van der Waals surface area (Å²) in [6.07, 6.45) is 0. The van der Waals surface area contributed by atoms with Crippen molar-refractivity contribution in [2.45, 2.75) is 77.0 Å². The Morgan fingerprint density at radius 2 is 0.419 bits per heavy atom. The molecule has 0 unspecified atom stereocenters. The van der Waals surface area contributed by atoms with Crippen molar-refractivity contribution in [2.75, 3.05) is 14.7 Å². The van der Waals surface area contributed by atoms with Gasteiger partial charge >= 0.3 is 0 Å². The van der Waals surface area contributed by atoms with Crippen LogP contribution in [0.25, 0.3) is 66.8 Å². The van der Waals surface area contributed by atoms with E-state index < -0.39 is 0 Å². The van der Waals surface area contributed by atoms with Gasteiger partial charge in [-0.1, -0.05) is 256 Å². The van der Waals surface area contributed by atoms with E-state index in [2.05, 4.69) is 367 Å². The second kappa shape index (κ2) is 20.9. The van der Waals surface area contributed by atoms with Crippen LogP contribution in [0.4, 0.5) is 51.2 Å². The van der Waals surface area contributed by atoms with Crippen molar-refractivity contribution in [3.8, 4) is 66.8 Å². The molecule has 0 bridgehead atoms. The van der Waals surface area contributed by atoms with E-state index in [1.54, 1.807) is 0 Å². The zero-order valence-electron chi connectivity index (χ0n) is 54.1. The van der Waals surface area contributed by atoms with Gasteiger partial charge in [-0.25, -0.2) is 0 Å². The summed E-state index contributed by atoms with van der Waals surface area (Å²) in [6, 6.07) is 111. The second-order valence-electron chi connectivity index (χ2n) is 28.2. The molecule has 448 valence electrons. The van der Waals surface area contributed by atoms with E-state index in [-0.39, 0.29) is 21.7 Å². The molecule has 0 saturated carbocycles. The monoisotopic (exact) mass is 1200 g/mol. The highest BCUT2D eigenvalue weighted by atomic mass is 15.2. The highest BCUT2D eigenvalue weighted by molar-refractivity contribution is 5.98. The summed E-state index contributed by atoms with van der Waals surface area (Å²) in [5.41, 5.74) is 35.2. The smallest absolute Gasteiger partial charge is 0.0544 e. The summed E-state index contributed by atoms with van der Waals surface area (Å²) >= 11 is 0. The largest absolute Gasteiger partial charge is 0.311 e. The Kier molecular flexibility index (Phi) is 12.6. The molecule has 0 spiro atoms. The van der Waals surface area contributed by atoms with E-state index in [1.807, 2.05) is 0 Å². The second-order valence-corrected chi connectivity index (χ2v) is 28.2. The third-order valence-electron chi connectivity index (χ3n) is 21.4. The predicted molar refractivity (Wildman–Crippen MR) is 392 cm³/mol. The van der Waals surface area contributed by atoms with Gasteiger partial charge in [0.05, 0.1) is 34.1 Å². The Bertz CT molecular complexity index is 4890. The van der Waals surface area contributed by atoms with Crippen molar-refractivity contribution in [1.82, 2.24) is 0 Å². The Morgan fingerprint density at radius 3 is 0.753 bits per heavy atom. The molecule has 0 aromatic heterocycles. The maximum absolute atomic E-state index is 2.58. The maximum Gasteiger partial charge on any atom is 0.0544 e. The molecule has 17 rings (SSSR count). The molecule has 4 aliphatic heterocycles. The summed E-state index contributed by atoms with van der Waals surface area (Å²) < 4.78 is 0. The van der Waals surface area contributed by atoms with E-state index >= 15 is 0 Å². The maximum atomic E-state index is 2.58. The van der Waals surface area contributed by atoms with Gasteiger partial charge < -0.3 is 14.7 Å². The molecule has 4 aliphatic rings. The van der Waals surface area contributed by atoms with E-state index in [1.165, 1.54) is 145 Å². The standard InChI is InChI=1S/C90H73N3/c1-87(2)73-28-18-20-30-81(73)92-82-31-21-19-29-74(82)88(3,4)78-55-69(54-77(87)85(78)92)65-40-48-72(49-41-65)91(70-44-36-62(37-45-70)58-22-12-9-13-23-58)71-46-38-63(39-47-71)61-32-34-64(35-33-61)68-56-79-86-80(57-68)90(7,8)76-53-67(60-26-16-11-17-27-60)43-51-84(76)93(86)83-50-42-66(52-75(83)89(79,5)6)59-24-14-10-15-25-59/h9-57H,1-8H3. The van der Waals surface area contributed by atoms with Gasteiger partial charge in [0.25, 0.3) is 0 Å². The van der Waals surface area contributed by atoms with Gasteiger partial charge in [0.2, 0.25) is 0 Å². The molecule has 13 aromatic carbocycles. The van der Waals surface area contributed by atoms with Crippen LogP contribution in [0.3, 0.4) is 0 Å². The van der Waals surface area contributed by atoms with Gasteiger partial charge in [-0.15, -0.1) is 0 Å². The third-order valence-corrected chi connectivity index (χ3v) is 21.4. The molecule has 0 fully saturated rings. The van der Waals surface area contributed by atoms with Crippen molar-refractivity contribution >= 4 is 51.2 Å². The molecule has 0 N–H and O–H groups in total. The molecule has 13 aromatic rings. The minimum Gasteiger partial charge on any atom is -0.311 e. The molecule has 0 aliphatic carbocycles. The van der Waals surface area contributed by atoms with Crippen LogP contribution in [0.1, 0.15) is 99.9 Å². The fraction of sp³-hybridized carbons (Fsp3) is 0.133. The van der Waals surface area contributed by atoms with Crippen LogP contribution >= 0.6 is 0 Å². The van der Waals surface area contributed by atoms with Crippen molar-refractivity contribution in [3.63, 3.8) is 0 Å². The lowest BCUT2D eigenvalue weighted by molar-refractivity contribution is 0.597. The average molecular weight is 1200 g/mol. The van der Waals surface area contributed by atoms with Crippen molar-refractivity contribution in [2.24, 2.45) is 0 Å². The molecular weight excluding hydrogens is 1120 g/mol. The molecule has 3 heteroatoms. The molecule has 0 atom stereocenters. The van der Waals surface area contributed by atoms with E-state index in [0.29, 0.717) is 0 Å². The van der Waals surface area contributed by atoms with Crippen LogP contribution in [0, 0.1) is 0 Å². The summed E-state index contributed by atoms with van der Waals surface area (Å²) in [5.74, 6) is 0. The Balaban J connectivity index is 0.728. The summed E-state index contributed by atoms with van der Waals surface area (Å²) in [5, 5.41) is 0. The van der Waals surface area contributed by atoms with Crippen molar-refractivity contribution in [1.29, 1.82) is 0 Å². The van der Waals surface area contributed by atoms with E-state index in [9.17, 15) is 0 Å². The summed E-state index contributed by atoms with van der Waals surface area (Å²) in [6.45, 7) is 19.3. The molecule has 93 heavy (non-hydrogen) atoms. The summed E-state index contributed by atoms with van der Waals surface area (Å²) in [7, 11) is 0. The van der Waals surface area contributed by atoms with Crippen LogP contribution in [0.15, 0.2) is 297 Å². The number of hydrogen-bond acceptors (Lipinski definition) is 3. The highest BCUT2D eigenvalue weighted by Gasteiger charge is 2.48. The van der Waals surface area contributed by atoms with Crippen molar-refractivity contribution in [3.05, 3.63) is 342 Å². The van der Waals surface area contributed by atoms with Crippen LogP contribution in [0.2, 0.25) is 0 Å². The molecule has 4 heterocycles. The molecule has 0 amide bonds. The van der Waals surface area contributed by atoms with Gasteiger partial charge in [-0.3, -0.25) is 0 Å². The normalized spacial score (nSPS) is 15.2. The van der Waals surface area contributed by atoms with Crippen LogP contribution < -0.4 is 14.7 Å². The van der Waals surface area contributed by atoms with E-state index in [4.69, 9.17) is 0 Å². The lowest BCUT2D eigenvalue weighted by Crippen LogP contribution is -2.38. The van der Waals surface area contributed by atoms with Crippen LogP contribution in [0.5, 0.6) is 0 Å². The van der Waals surface area contributed by atoms with Gasteiger partial charge in [0, 0.05) is 38.7 Å².